The van der Waals surface area contributed by atoms with Crippen LogP contribution in [0, 0.1) is 0 Å². The summed E-state index contributed by atoms with van der Waals surface area (Å²) in [6.45, 7) is 1.96. The van der Waals surface area contributed by atoms with E-state index in [4.69, 9.17) is 0 Å². The minimum atomic E-state index is 0.227. The van der Waals surface area contributed by atoms with Crippen LogP contribution in [0.15, 0.2) is 42.5 Å². The molecule has 3 rings (SSSR count). The van der Waals surface area contributed by atoms with E-state index in [2.05, 4.69) is 0 Å². The number of aryl methyl sites for hydroxylation is 1. The average Bonchev–Trinajstić information content (AvgIpc) is 2.41. The second-order valence-electron chi connectivity index (χ2n) is 4.50. The van der Waals surface area contributed by atoms with Crippen molar-refractivity contribution >= 4 is 21.5 Å². The van der Waals surface area contributed by atoms with E-state index in [1.165, 1.54) is 0 Å². The van der Waals surface area contributed by atoms with Crippen molar-refractivity contribution in [2.75, 3.05) is 0 Å². The molecule has 0 aromatic heterocycles. The molecule has 3 aromatic carbocycles. The molecule has 0 saturated heterocycles. The third-order valence-corrected chi connectivity index (χ3v) is 3.41. The molecule has 0 spiro atoms. The van der Waals surface area contributed by atoms with Crippen molar-refractivity contribution in [1.82, 2.24) is 0 Å². The van der Waals surface area contributed by atoms with E-state index >= 15 is 0 Å². The molecule has 0 amide bonds. The van der Waals surface area contributed by atoms with E-state index in [0.29, 0.717) is 17.2 Å². The second kappa shape index (κ2) is 3.91. The molecule has 0 saturated carbocycles. The lowest BCUT2D eigenvalue weighted by Crippen LogP contribution is -1.85. The fourth-order valence-electron chi connectivity index (χ4n) is 2.40. The third-order valence-electron chi connectivity index (χ3n) is 3.41. The average molecular weight is 238 g/mol. The Hall–Kier alpha value is -2.22. The molecule has 0 fully saturated rings. The van der Waals surface area contributed by atoms with Crippen LogP contribution < -0.4 is 0 Å². The Kier molecular flexibility index (Phi) is 2.37. The van der Waals surface area contributed by atoms with Crippen LogP contribution in [0.3, 0.4) is 0 Å². The molecule has 2 nitrogen and oxygen atoms in total. The number of rotatable bonds is 1. The van der Waals surface area contributed by atoms with Gasteiger partial charge in [-0.25, -0.2) is 0 Å². The second-order valence-corrected chi connectivity index (χ2v) is 4.50. The summed E-state index contributed by atoms with van der Waals surface area (Å²) >= 11 is 0. The zero-order chi connectivity index (χ0) is 12.7. The molecule has 0 heterocycles. The van der Waals surface area contributed by atoms with Crippen molar-refractivity contribution in [3.8, 4) is 11.5 Å². The highest BCUT2D eigenvalue weighted by molar-refractivity contribution is 6.03. The highest BCUT2D eigenvalue weighted by Gasteiger charge is 2.10. The first kappa shape index (κ1) is 10.9. The monoisotopic (exact) mass is 238 g/mol. The van der Waals surface area contributed by atoms with E-state index in [-0.39, 0.29) is 11.5 Å². The lowest BCUT2D eigenvalue weighted by atomic mass is 9.99. The first-order chi connectivity index (χ1) is 8.70. The van der Waals surface area contributed by atoms with Crippen LogP contribution >= 0.6 is 0 Å². The lowest BCUT2D eigenvalue weighted by Gasteiger charge is -2.10. The van der Waals surface area contributed by atoms with Crippen LogP contribution in [0.1, 0.15) is 12.5 Å². The summed E-state index contributed by atoms with van der Waals surface area (Å²) in [7, 11) is 0. The van der Waals surface area contributed by atoms with Crippen LogP contribution in [0.5, 0.6) is 11.5 Å². The molecule has 0 radical (unpaired) electrons. The Bertz CT molecular complexity index is 745. The maximum Gasteiger partial charge on any atom is 0.126 e. The molecule has 18 heavy (non-hydrogen) atoms. The smallest absolute Gasteiger partial charge is 0.126 e. The van der Waals surface area contributed by atoms with Gasteiger partial charge in [-0.2, -0.15) is 0 Å². The molecule has 0 aliphatic heterocycles. The van der Waals surface area contributed by atoms with Gasteiger partial charge in [0.1, 0.15) is 11.5 Å². The first-order valence-electron chi connectivity index (χ1n) is 6.07. The van der Waals surface area contributed by atoms with Crippen LogP contribution in [0.2, 0.25) is 0 Å². The molecule has 0 aliphatic rings. The SMILES string of the molecule is CCc1cc(O)c2cc3ccccc3cc2c1O. The van der Waals surface area contributed by atoms with Crippen LogP contribution in [-0.4, -0.2) is 10.2 Å². The van der Waals surface area contributed by atoms with E-state index in [0.717, 1.165) is 16.3 Å². The minimum absolute atomic E-state index is 0.227. The zero-order valence-electron chi connectivity index (χ0n) is 10.1. The lowest BCUT2D eigenvalue weighted by molar-refractivity contribution is 0.464. The van der Waals surface area contributed by atoms with Crippen molar-refractivity contribution in [2.45, 2.75) is 13.3 Å². The highest BCUT2D eigenvalue weighted by atomic mass is 16.3. The number of benzene rings is 3. The Balaban J connectivity index is 2.49. The molecular weight excluding hydrogens is 224 g/mol. The Morgan fingerprint density at radius 2 is 1.50 bits per heavy atom. The molecule has 3 aromatic rings. The van der Waals surface area contributed by atoms with Gasteiger partial charge in [0.05, 0.1) is 0 Å². The number of phenolic OH excluding ortho intramolecular Hbond substituents is 2. The van der Waals surface area contributed by atoms with Gasteiger partial charge in [0, 0.05) is 10.8 Å². The van der Waals surface area contributed by atoms with Crippen molar-refractivity contribution < 1.29 is 10.2 Å². The van der Waals surface area contributed by atoms with Crippen molar-refractivity contribution in [1.29, 1.82) is 0 Å². The summed E-state index contributed by atoms with van der Waals surface area (Å²) in [5.41, 5.74) is 0.773. The standard InChI is InChI=1S/C16H14O2/c1-2-10-9-15(17)13-7-11-5-3-4-6-12(11)8-14(13)16(10)18/h3-9,17-18H,2H2,1H3. The molecule has 2 heteroatoms. The first-order valence-corrected chi connectivity index (χ1v) is 6.07. The van der Waals surface area contributed by atoms with Crippen LogP contribution in [0.4, 0.5) is 0 Å². The van der Waals surface area contributed by atoms with Crippen molar-refractivity contribution in [2.24, 2.45) is 0 Å². The van der Waals surface area contributed by atoms with Gasteiger partial charge in [0.25, 0.3) is 0 Å². The largest absolute Gasteiger partial charge is 0.507 e. The Morgan fingerprint density at radius 1 is 0.889 bits per heavy atom. The van der Waals surface area contributed by atoms with Crippen LogP contribution in [0.25, 0.3) is 21.5 Å². The van der Waals surface area contributed by atoms with E-state index in [1.54, 1.807) is 6.07 Å². The van der Waals surface area contributed by atoms with Gasteiger partial charge in [-0.1, -0.05) is 31.2 Å². The van der Waals surface area contributed by atoms with Gasteiger partial charge in [0.2, 0.25) is 0 Å². The number of fused-ring (bicyclic) bond motifs is 2. The van der Waals surface area contributed by atoms with Crippen molar-refractivity contribution in [3.05, 3.63) is 48.0 Å². The summed E-state index contributed by atoms with van der Waals surface area (Å²) in [5, 5.41) is 23.8. The predicted octanol–water partition coefficient (Wildman–Crippen LogP) is 3.97. The van der Waals surface area contributed by atoms with Gasteiger partial charge in [-0.3, -0.25) is 0 Å². The number of hydrogen-bond donors (Lipinski definition) is 2. The van der Waals surface area contributed by atoms with E-state index in [1.807, 2.05) is 43.3 Å². The van der Waals surface area contributed by atoms with Gasteiger partial charge in [-0.05, 0) is 41.0 Å². The Morgan fingerprint density at radius 3 is 2.11 bits per heavy atom. The summed E-state index contributed by atoms with van der Waals surface area (Å²) in [4.78, 5) is 0. The van der Waals surface area contributed by atoms with Gasteiger partial charge in [0.15, 0.2) is 0 Å². The molecule has 0 bridgehead atoms. The Labute approximate surface area is 105 Å². The van der Waals surface area contributed by atoms with Gasteiger partial charge >= 0.3 is 0 Å². The minimum Gasteiger partial charge on any atom is -0.507 e. The number of hydrogen-bond acceptors (Lipinski definition) is 2. The molecule has 90 valence electrons. The fourth-order valence-corrected chi connectivity index (χ4v) is 2.40. The normalized spacial score (nSPS) is 11.2. The highest BCUT2D eigenvalue weighted by Crippen LogP contribution is 2.37. The summed E-state index contributed by atoms with van der Waals surface area (Å²) < 4.78 is 0. The molecule has 0 aliphatic carbocycles. The van der Waals surface area contributed by atoms with E-state index < -0.39 is 0 Å². The predicted molar refractivity (Wildman–Crippen MR) is 74.2 cm³/mol. The summed E-state index contributed by atoms with van der Waals surface area (Å²) in [6.07, 6.45) is 0.697. The van der Waals surface area contributed by atoms with Crippen molar-refractivity contribution in [3.63, 3.8) is 0 Å². The summed E-state index contributed by atoms with van der Waals surface area (Å²) in [5.74, 6) is 0.501. The maximum atomic E-state index is 10.2. The topological polar surface area (TPSA) is 40.5 Å². The molecule has 0 unspecified atom stereocenters. The van der Waals surface area contributed by atoms with Gasteiger partial charge in [-0.15, -0.1) is 0 Å². The summed E-state index contributed by atoms with van der Waals surface area (Å²) in [6, 6.07) is 13.4. The fraction of sp³-hybridized carbons (Fsp3) is 0.125. The molecule has 2 N–H and O–H groups in total. The molecular formula is C16H14O2. The maximum absolute atomic E-state index is 10.2. The van der Waals surface area contributed by atoms with Gasteiger partial charge < -0.3 is 10.2 Å². The van der Waals surface area contributed by atoms with E-state index in [9.17, 15) is 10.2 Å². The van der Waals surface area contributed by atoms with Crippen LogP contribution in [-0.2, 0) is 6.42 Å². The number of aromatic hydroxyl groups is 2. The number of phenols is 2. The zero-order valence-corrected chi connectivity index (χ0v) is 10.1. The molecule has 0 atom stereocenters. The quantitative estimate of drug-likeness (QED) is 0.497. The third kappa shape index (κ3) is 1.50.